The molecule has 0 radical (unpaired) electrons. The zero-order valence-electron chi connectivity index (χ0n) is 15.8. The molecule has 1 aromatic heterocycles. The van der Waals surface area contributed by atoms with Crippen molar-refractivity contribution in [3.8, 4) is 28.9 Å². The van der Waals surface area contributed by atoms with Crippen molar-refractivity contribution in [2.45, 2.75) is 6.42 Å². The number of benzene rings is 2. The van der Waals surface area contributed by atoms with Crippen LogP contribution in [0.2, 0.25) is 0 Å². The Labute approximate surface area is 192 Å². The monoisotopic (exact) mass is 619 g/mol. The summed E-state index contributed by atoms with van der Waals surface area (Å²) in [4.78, 5) is 11.3. The number of rotatable bonds is 5. The molecule has 0 aliphatic heterocycles. The maximum absolute atomic E-state index is 11.3. The van der Waals surface area contributed by atoms with Crippen molar-refractivity contribution in [3.63, 3.8) is 0 Å². The molecule has 0 spiro atoms. The average Bonchev–Trinajstić information content (AvgIpc) is 3.21. The molecule has 0 aliphatic rings. The number of nitrogen functional groups attached to an aromatic ring is 1. The number of anilines is 1. The van der Waals surface area contributed by atoms with Crippen molar-refractivity contribution >= 4 is 48.8 Å². The van der Waals surface area contributed by atoms with E-state index < -0.39 is 0 Å². The highest BCUT2D eigenvalue weighted by molar-refractivity contribution is 15.0. The minimum Gasteiger partial charge on any atom is -0.496 e. The van der Waals surface area contributed by atoms with Crippen LogP contribution in [0.5, 0.6) is 11.5 Å². The van der Waals surface area contributed by atoms with Crippen molar-refractivity contribution < 1.29 is 18.8 Å². The number of hydrogen-bond donors (Lipinski definition) is 1. The van der Waals surface area contributed by atoms with Crippen molar-refractivity contribution in [2.24, 2.45) is 0 Å². The molecule has 0 fully saturated rings. The largest absolute Gasteiger partial charge is 0.496 e. The van der Waals surface area contributed by atoms with Crippen LogP contribution in [0.15, 0.2) is 59.1 Å². The standard InChI is InChI=1S/C10H10N2O2.C10H9NO2.I2/c1-13-8-5-3-2-4-7(8)9-6-10(11)12-14-9;1-13-10-5-3-2-4-8(10)9(12)6-7-11;1-2/h2-6H,1H3,(H2,11,12);2-5H,6H2,1H3;. The van der Waals surface area contributed by atoms with Gasteiger partial charge in [0.05, 0.1) is 37.8 Å². The van der Waals surface area contributed by atoms with E-state index in [1.807, 2.05) is 30.3 Å². The van der Waals surface area contributed by atoms with Crippen LogP contribution < -0.4 is 15.2 Å². The molecule has 0 aliphatic carbocycles. The van der Waals surface area contributed by atoms with Gasteiger partial charge >= 0.3 is 0 Å². The summed E-state index contributed by atoms with van der Waals surface area (Å²) in [5.41, 5.74) is 6.77. The number of ketones is 1. The number of Topliss-reactive ketones (excluding diaryl/α,β-unsaturated/α-hetero) is 1. The first-order valence-electron chi connectivity index (χ1n) is 8.13. The second kappa shape index (κ2) is 13.8. The van der Waals surface area contributed by atoms with Crippen LogP contribution in [0, 0.1) is 11.3 Å². The van der Waals surface area contributed by atoms with Gasteiger partial charge in [-0.15, -0.1) is 0 Å². The van der Waals surface area contributed by atoms with Gasteiger partial charge in [0.2, 0.25) is 0 Å². The first-order chi connectivity index (χ1) is 14.1. The Hall–Kier alpha value is -2.33. The van der Waals surface area contributed by atoms with Crippen molar-refractivity contribution in [1.82, 2.24) is 5.16 Å². The number of hydrogen-bond acceptors (Lipinski definition) is 7. The van der Waals surface area contributed by atoms with Gasteiger partial charge in [-0.1, -0.05) is 29.4 Å². The second-order valence-corrected chi connectivity index (χ2v) is 5.27. The minimum absolute atomic E-state index is 0.111. The van der Waals surface area contributed by atoms with Crippen LogP contribution in [-0.2, 0) is 0 Å². The van der Waals surface area contributed by atoms with E-state index in [4.69, 9.17) is 25.0 Å². The lowest BCUT2D eigenvalue weighted by Gasteiger charge is -2.04. The lowest BCUT2D eigenvalue weighted by Crippen LogP contribution is -2.00. The topological polar surface area (TPSA) is 111 Å². The number of nitriles is 1. The molecule has 0 amide bonds. The first kappa shape index (κ1) is 24.7. The lowest BCUT2D eigenvalue weighted by atomic mass is 10.1. The number of halogens is 2. The molecule has 0 bridgehead atoms. The minimum atomic E-state index is -0.208. The van der Waals surface area contributed by atoms with Gasteiger partial charge in [-0.25, -0.2) is 0 Å². The number of carbonyl (C=O) groups excluding carboxylic acids is 1. The number of para-hydroxylation sites is 2. The van der Waals surface area contributed by atoms with Gasteiger partial charge in [-0.3, -0.25) is 4.79 Å². The zero-order chi connectivity index (χ0) is 21.6. The molecule has 1 heterocycles. The Kier molecular flexibility index (Phi) is 11.7. The molecule has 29 heavy (non-hydrogen) atoms. The van der Waals surface area contributed by atoms with Gasteiger partial charge in [0, 0.05) is 43.3 Å². The quantitative estimate of drug-likeness (QED) is 0.297. The fraction of sp³-hybridized carbons (Fsp3) is 0.150. The highest BCUT2D eigenvalue weighted by Gasteiger charge is 2.10. The summed E-state index contributed by atoms with van der Waals surface area (Å²) in [6.07, 6.45) is -0.111. The van der Waals surface area contributed by atoms with Gasteiger partial charge < -0.3 is 19.7 Å². The number of nitrogens with zero attached hydrogens (tertiary/aromatic N) is 2. The number of carbonyl (C=O) groups is 1. The third-order valence-electron chi connectivity index (χ3n) is 3.55. The van der Waals surface area contributed by atoms with E-state index in [1.54, 1.807) is 37.4 Å². The van der Waals surface area contributed by atoms with Crippen LogP contribution in [0.4, 0.5) is 5.82 Å². The fourth-order valence-electron chi connectivity index (χ4n) is 2.31. The molecule has 0 atom stereocenters. The number of aromatic nitrogens is 1. The second-order valence-electron chi connectivity index (χ2n) is 5.27. The molecule has 0 saturated heterocycles. The smallest absolute Gasteiger partial charge is 0.180 e. The van der Waals surface area contributed by atoms with E-state index in [9.17, 15) is 4.79 Å². The van der Waals surface area contributed by atoms with Crippen LogP contribution >= 0.6 is 37.2 Å². The van der Waals surface area contributed by atoms with E-state index >= 15 is 0 Å². The van der Waals surface area contributed by atoms with Crippen LogP contribution in [0.25, 0.3) is 11.3 Å². The predicted molar refractivity (Wildman–Crippen MR) is 128 cm³/mol. The van der Waals surface area contributed by atoms with E-state index in [0.29, 0.717) is 22.9 Å². The molecular formula is C20H19I2N3O4. The van der Waals surface area contributed by atoms with Crippen molar-refractivity contribution in [2.75, 3.05) is 20.0 Å². The molecule has 2 aromatic carbocycles. The molecule has 2 N–H and O–H groups in total. The third kappa shape index (κ3) is 7.54. The number of nitrogens with two attached hydrogens (primary N) is 1. The van der Waals surface area contributed by atoms with Crippen LogP contribution in [0.1, 0.15) is 16.8 Å². The van der Waals surface area contributed by atoms with E-state index in [-0.39, 0.29) is 12.2 Å². The highest BCUT2D eigenvalue weighted by atomic mass is 128. The summed E-state index contributed by atoms with van der Waals surface area (Å²) in [5, 5.41) is 12.0. The van der Waals surface area contributed by atoms with Gasteiger partial charge in [-0.2, -0.15) is 5.26 Å². The summed E-state index contributed by atoms with van der Waals surface area (Å²) < 4.78 is 15.2. The molecule has 7 nitrogen and oxygen atoms in total. The maximum Gasteiger partial charge on any atom is 0.180 e. The Bertz CT molecular complexity index is 955. The summed E-state index contributed by atoms with van der Waals surface area (Å²) in [7, 11) is 3.11. The van der Waals surface area contributed by atoms with Gasteiger partial charge in [0.25, 0.3) is 0 Å². The van der Waals surface area contributed by atoms with Gasteiger partial charge in [0.15, 0.2) is 17.4 Å². The number of methoxy groups -OCH3 is 2. The van der Waals surface area contributed by atoms with Gasteiger partial charge in [0.1, 0.15) is 11.5 Å². The molecular weight excluding hydrogens is 600 g/mol. The zero-order valence-corrected chi connectivity index (χ0v) is 20.1. The maximum atomic E-state index is 11.3. The van der Waals surface area contributed by atoms with Gasteiger partial charge in [-0.05, 0) is 24.3 Å². The molecule has 0 saturated carbocycles. The number of ether oxygens (including phenoxy) is 2. The van der Waals surface area contributed by atoms with E-state index in [0.717, 1.165) is 11.3 Å². The van der Waals surface area contributed by atoms with Crippen LogP contribution in [0.3, 0.4) is 0 Å². The third-order valence-corrected chi connectivity index (χ3v) is 3.55. The Balaban J connectivity index is 0.000000268. The Morgan fingerprint density at radius 1 is 1.10 bits per heavy atom. The molecule has 3 aromatic rings. The molecule has 9 heteroatoms. The molecule has 152 valence electrons. The summed E-state index contributed by atoms with van der Waals surface area (Å²) >= 11 is 4.24. The molecule has 0 unspecified atom stereocenters. The predicted octanol–water partition coefficient (Wildman–Crippen LogP) is 5.50. The summed E-state index contributed by atoms with van der Waals surface area (Å²) in [6.45, 7) is 0. The lowest BCUT2D eigenvalue weighted by molar-refractivity contribution is 0.0995. The first-order valence-corrected chi connectivity index (χ1v) is 14.4. The highest BCUT2D eigenvalue weighted by Crippen LogP contribution is 2.30. The average molecular weight is 619 g/mol. The van der Waals surface area contributed by atoms with E-state index in [1.165, 1.54) is 7.11 Å². The SMILES string of the molecule is COc1ccccc1-c1cc(N)no1.COc1ccccc1C(=O)CC#N.II. The normalized spacial score (nSPS) is 9.07. The summed E-state index contributed by atoms with van der Waals surface area (Å²) in [6, 6.07) is 17.9. The Morgan fingerprint density at radius 2 is 1.69 bits per heavy atom. The van der Waals surface area contributed by atoms with Crippen molar-refractivity contribution in [1.29, 1.82) is 5.26 Å². The Morgan fingerprint density at radius 3 is 2.24 bits per heavy atom. The summed E-state index contributed by atoms with van der Waals surface area (Å²) in [5.74, 6) is 2.03. The fourth-order valence-corrected chi connectivity index (χ4v) is 2.31. The van der Waals surface area contributed by atoms with Crippen molar-refractivity contribution in [3.05, 3.63) is 60.2 Å². The molecule has 3 rings (SSSR count). The van der Waals surface area contributed by atoms with E-state index in [2.05, 4.69) is 42.4 Å². The van der Waals surface area contributed by atoms with Crippen LogP contribution in [-0.4, -0.2) is 25.2 Å².